The van der Waals surface area contributed by atoms with Crippen molar-refractivity contribution in [2.45, 2.75) is 37.8 Å². The normalized spacial score (nSPS) is 15.5. The minimum absolute atomic E-state index is 0.0539. The van der Waals surface area contributed by atoms with E-state index >= 15 is 0 Å². The van der Waals surface area contributed by atoms with E-state index in [4.69, 9.17) is 21.3 Å². The Hall–Kier alpha value is -2.28. The fraction of sp³-hybridized carbons (Fsp3) is 0.308. The summed E-state index contributed by atoms with van der Waals surface area (Å²) in [6.07, 6.45) is 3.99. The number of halogens is 1. The number of aryl methyl sites for hydroxylation is 1. The molecule has 2 aromatic heterocycles. The molecule has 0 saturated carbocycles. The summed E-state index contributed by atoms with van der Waals surface area (Å²) in [5.41, 5.74) is 2.14. The van der Waals surface area contributed by atoms with Gasteiger partial charge in [0.05, 0.1) is 17.7 Å². The number of rotatable bonds is 7. The van der Waals surface area contributed by atoms with Gasteiger partial charge in [-0.2, -0.15) is 0 Å². The van der Waals surface area contributed by atoms with Crippen LogP contribution in [-0.2, 0) is 12.8 Å². The van der Waals surface area contributed by atoms with Gasteiger partial charge in [-0.15, -0.1) is 11.3 Å². The second kappa shape index (κ2) is 9.92. The number of fused-ring (bicyclic) bond motifs is 3. The molecule has 0 radical (unpaired) electrons. The van der Waals surface area contributed by atoms with Crippen molar-refractivity contribution in [2.24, 2.45) is 5.92 Å². The van der Waals surface area contributed by atoms with E-state index in [-0.39, 0.29) is 5.56 Å². The summed E-state index contributed by atoms with van der Waals surface area (Å²) in [5.74, 6) is 2.28. The number of nitrogens with zero attached hydrogens (tertiary/aromatic N) is 2. The molecule has 1 atom stereocenters. The molecule has 1 unspecified atom stereocenters. The Kier molecular flexibility index (Phi) is 6.76. The molecule has 33 heavy (non-hydrogen) atoms. The lowest BCUT2D eigenvalue weighted by molar-refractivity contribution is 0.318. The van der Waals surface area contributed by atoms with E-state index < -0.39 is 0 Å². The summed E-state index contributed by atoms with van der Waals surface area (Å²) in [7, 11) is 0. The van der Waals surface area contributed by atoms with Gasteiger partial charge in [-0.25, -0.2) is 4.98 Å². The molecule has 1 aliphatic rings. The van der Waals surface area contributed by atoms with Crippen molar-refractivity contribution in [1.29, 1.82) is 0 Å². The molecule has 1 aliphatic carbocycles. The predicted molar refractivity (Wildman–Crippen MR) is 139 cm³/mol. The maximum absolute atomic E-state index is 13.7. The molecule has 4 nitrogen and oxygen atoms in total. The molecule has 170 valence electrons. The number of ether oxygens (including phenoxy) is 1. The van der Waals surface area contributed by atoms with E-state index in [1.54, 1.807) is 27.7 Å². The lowest BCUT2D eigenvalue weighted by Gasteiger charge is -2.17. The van der Waals surface area contributed by atoms with Crippen LogP contribution in [0, 0.1) is 5.92 Å². The van der Waals surface area contributed by atoms with E-state index in [0.29, 0.717) is 17.5 Å². The van der Waals surface area contributed by atoms with Gasteiger partial charge in [0, 0.05) is 15.7 Å². The zero-order chi connectivity index (χ0) is 22.8. The predicted octanol–water partition coefficient (Wildman–Crippen LogP) is 6.79. The molecule has 4 aromatic rings. The van der Waals surface area contributed by atoms with Gasteiger partial charge in [0.1, 0.15) is 10.6 Å². The van der Waals surface area contributed by atoms with Crippen LogP contribution < -0.4 is 10.3 Å². The third-order valence-corrected chi connectivity index (χ3v) is 8.34. The number of thioether (sulfide) groups is 1. The van der Waals surface area contributed by atoms with Gasteiger partial charge in [0.15, 0.2) is 5.16 Å². The van der Waals surface area contributed by atoms with Crippen LogP contribution >= 0.6 is 34.7 Å². The molecular formula is C26H25ClN2O2S2. The van der Waals surface area contributed by atoms with Crippen LogP contribution in [0.2, 0.25) is 5.02 Å². The molecule has 0 fully saturated rings. The van der Waals surface area contributed by atoms with Crippen LogP contribution in [0.25, 0.3) is 15.9 Å². The van der Waals surface area contributed by atoms with Crippen LogP contribution in [0.5, 0.6) is 5.75 Å². The minimum Gasteiger partial charge on any atom is -0.494 e. The molecule has 5 rings (SSSR count). The second-order valence-corrected chi connectivity index (χ2v) is 11.0. The van der Waals surface area contributed by atoms with E-state index in [2.05, 4.69) is 6.92 Å². The number of hydrogen-bond acceptors (Lipinski definition) is 5. The average molecular weight is 497 g/mol. The summed E-state index contributed by atoms with van der Waals surface area (Å²) in [6, 6.07) is 17.2. The Morgan fingerprint density at radius 2 is 1.97 bits per heavy atom. The summed E-state index contributed by atoms with van der Waals surface area (Å²) < 4.78 is 7.60. The van der Waals surface area contributed by atoms with Crippen molar-refractivity contribution in [3.8, 4) is 11.4 Å². The molecule has 2 aromatic carbocycles. The Morgan fingerprint density at radius 1 is 1.18 bits per heavy atom. The van der Waals surface area contributed by atoms with Gasteiger partial charge in [-0.1, -0.05) is 48.5 Å². The summed E-state index contributed by atoms with van der Waals surface area (Å²) >= 11 is 9.25. The van der Waals surface area contributed by atoms with Gasteiger partial charge < -0.3 is 4.74 Å². The van der Waals surface area contributed by atoms with Gasteiger partial charge in [-0.3, -0.25) is 9.36 Å². The molecule has 0 spiro atoms. The Labute approximate surface area is 206 Å². The van der Waals surface area contributed by atoms with Crippen LogP contribution in [0.3, 0.4) is 0 Å². The highest BCUT2D eigenvalue weighted by Gasteiger charge is 2.25. The number of para-hydroxylation sites is 1. The molecular weight excluding hydrogens is 472 g/mol. The van der Waals surface area contributed by atoms with E-state index in [0.717, 1.165) is 58.2 Å². The van der Waals surface area contributed by atoms with Gasteiger partial charge >= 0.3 is 0 Å². The first-order valence-electron chi connectivity index (χ1n) is 11.2. The standard InChI is InChI=1S/C26H25ClN2O2S2/c1-17-8-13-21-22(16-17)33-24-23(21)25(30)29(19-6-3-2-4-7-19)26(28-24)32-15-5-14-31-20-11-9-18(27)10-12-20/h2-4,6-7,9-12,17H,5,8,13-16H2,1H3. The number of hydrogen-bond donors (Lipinski definition) is 0. The van der Waals surface area contributed by atoms with Crippen molar-refractivity contribution < 1.29 is 4.74 Å². The molecule has 0 N–H and O–H groups in total. The third-order valence-electron chi connectivity index (χ3n) is 5.92. The Balaban J connectivity index is 1.41. The fourth-order valence-electron chi connectivity index (χ4n) is 4.22. The fourth-order valence-corrected chi connectivity index (χ4v) is 6.69. The molecule has 2 heterocycles. The highest BCUT2D eigenvalue weighted by atomic mass is 35.5. The smallest absolute Gasteiger partial charge is 0.267 e. The Morgan fingerprint density at radius 3 is 2.76 bits per heavy atom. The number of thiophene rings is 1. The van der Waals surface area contributed by atoms with Crippen molar-refractivity contribution in [3.63, 3.8) is 0 Å². The zero-order valence-electron chi connectivity index (χ0n) is 18.4. The maximum atomic E-state index is 13.7. The minimum atomic E-state index is 0.0539. The zero-order valence-corrected chi connectivity index (χ0v) is 20.8. The molecule has 0 bridgehead atoms. The highest BCUT2D eigenvalue weighted by Crippen LogP contribution is 2.37. The van der Waals surface area contributed by atoms with E-state index in [1.165, 1.54) is 10.4 Å². The summed E-state index contributed by atoms with van der Waals surface area (Å²) in [6.45, 7) is 2.88. The average Bonchev–Trinajstić information content (AvgIpc) is 3.18. The first-order valence-corrected chi connectivity index (χ1v) is 13.4. The largest absolute Gasteiger partial charge is 0.494 e. The maximum Gasteiger partial charge on any atom is 0.267 e. The first kappa shape index (κ1) is 22.5. The monoisotopic (exact) mass is 496 g/mol. The van der Waals surface area contributed by atoms with Crippen molar-refractivity contribution in [2.75, 3.05) is 12.4 Å². The number of aromatic nitrogens is 2. The molecule has 0 saturated heterocycles. The molecule has 7 heteroatoms. The van der Waals surface area contributed by atoms with Crippen molar-refractivity contribution in [3.05, 3.63) is 80.4 Å². The summed E-state index contributed by atoms with van der Waals surface area (Å²) in [4.78, 5) is 21.0. The van der Waals surface area contributed by atoms with Crippen LogP contribution in [0.1, 0.15) is 30.2 Å². The van der Waals surface area contributed by atoms with Crippen molar-refractivity contribution in [1.82, 2.24) is 9.55 Å². The van der Waals surface area contributed by atoms with Gasteiger partial charge in [0.2, 0.25) is 0 Å². The van der Waals surface area contributed by atoms with Gasteiger partial charge in [-0.05, 0) is 73.6 Å². The van der Waals surface area contributed by atoms with E-state index in [1.807, 2.05) is 54.6 Å². The summed E-state index contributed by atoms with van der Waals surface area (Å²) in [5, 5.41) is 2.26. The topological polar surface area (TPSA) is 44.1 Å². The highest BCUT2D eigenvalue weighted by molar-refractivity contribution is 7.99. The van der Waals surface area contributed by atoms with Crippen molar-refractivity contribution >= 4 is 44.9 Å². The number of benzene rings is 2. The first-order chi connectivity index (χ1) is 16.1. The van der Waals surface area contributed by atoms with E-state index in [9.17, 15) is 4.79 Å². The lowest BCUT2D eigenvalue weighted by Crippen LogP contribution is -2.22. The Bertz CT molecular complexity index is 1320. The van der Waals surface area contributed by atoms with Crippen LogP contribution in [0.15, 0.2) is 64.5 Å². The lowest BCUT2D eigenvalue weighted by atomic mass is 9.89. The quantitative estimate of drug-likeness (QED) is 0.160. The second-order valence-electron chi connectivity index (χ2n) is 8.41. The third kappa shape index (κ3) is 4.84. The van der Waals surface area contributed by atoms with Crippen LogP contribution in [-0.4, -0.2) is 21.9 Å². The molecule has 0 amide bonds. The molecule has 0 aliphatic heterocycles. The van der Waals surface area contributed by atoms with Gasteiger partial charge in [0.25, 0.3) is 5.56 Å². The SMILES string of the molecule is CC1CCc2c(sc3nc(SCCCOc4ccc(Cl)cc4)n(-c4ccccc4)c(=O)c23)C1. The van der Waals surface area contributed by atoms with Crippen LogP contribution in [0.4, 0.5) is 0 Å².